The van der Waals surface area contributed by atoms with Gasteiger partial charge in [0.1, 0.15) is 5.60 Å². The van der Waals surface area contributed by atoms with Gasteiger partial charge in [0.2, 0.25) is 5.91 Å². The van der Waals surface area contributed by atoms with Crippen molar-refractivity contribution in [3.05, 3.63) is 0 Å². The highest BCUT2D eigenvalue weighted by atomic mass is 32.2. The number of hydrogen-bond donors (Lipinski definition) is 1. The predicted molar refractivity (Wildman–Crippen MR) is 97.4 cm³/mol. The van der Waals surface area contributed by atoms with Gasteiger partial charge in [0.05, 0.1) is 11.4 Å². The lowest BCUT2D eigenvalue weighted by Gasteiger charge is -2.33. The molecule has 0 unspecified atom stereocenters. The van der Waals surface area contributed by atoms with Gasteiger partial charge in [-0.15, -0.1) is 0 Å². The number of thioether (sulfide) groups is 1. The van der Waals surface area contributed by atoms with E-state index >= 15 is 0 Å². The SMILES string of the molecule is CS[C@H](C)C(=O)N1CCC(OCCCNC(=O)OC(C)(C)C)CC1. The molecule has 0 aliphatic carbocycles. The first kappa shape index (κ1) is 21.1. The van der Waals surface area contributed by atoms with Gasteiger partial charge >= 0.3 is 6.09 Å². The lowest BCUT2D eigenvalue weighted by Crippen LogP contribution is -2.44. The van der Waals surface area contributed by atoms with Crippen LogP contribution in [0, 0.1) is 0 Å². The Bertz CT molecular complexity index is 404. The zero-order chi connectivity index (χ0) is 18.2. The maximum atomic E-state index is 12.1. The van der Waals surface area contributed by atoms with Crippen LogP contribution in [-0.4, -0.2) is 66.4 Å². The molecule has 1 aliphatic rings. The Morgan fingerprint density at radius 2 is 1.92 bits per heavy atom. The van der Waals surface area contributed by atoms with Crippen molar-refractivity contribution in [2.24, 2.45) is 0 Å². The number of rotatable bonds is 7. The van der Waals surface area contributed by atoms with Gasteiger partial charge in [-0.25, -0.2) is 4.79 Å². The molecule has 140 valence electrons. The van der Waals surface area contributed by atoms with E-state index in [1.807, 2.05) is 38.9 Å². The van der Waals surface area contributed by atoms with Crippen molar-refractivity contribution in [2.45, 2.75) is 63.9 Å². The van der Waals surface area contributed by atoms with Crippen LogP contribution in [0.15, 0.2) is 0 Å². The predicted octanol–water partition coefficient (Wildman–Crippen LogP) is 2.66. The van der Waals surface area contributed by atoms with Gasteiger partial charge in [-0.2, -0.15) is 11.8 Å². The van der Waals surface area contributed by atoms with Crippen LogP contribution >= 0.6 is 11.8 Å². The molecule has 7 heteroatoms. The second-order valence-corrected chi connectivity index (χ2v) is 8.23. The third kappa shape index (κ3) is 8.24. The summed E-state index contributed by atoms with van der Waals surface area (Å²) in [4.78, 5) is 25.5. The fourth-order valence-electron chi connectivity index (χ4n) is 2.43. The van der Waals surface area contributed by atoms with Gasteiger partial charge in [0.15, 0.2) is 0 Å². The molecule has 1 atom stereocenters. The van der Waals surface area contributed by atoms with Crippen molar-refractivity contribution < 1.29 is 19.1 Å². The molecule has 0 saturated carbocycles. The van der Waals surface area contributed by atoms with Crippen molar-refractivity contribution in [1.29, 1.82) is 0 Å². The second kappa shape index (κ2) is 10.1. The van der Waals surface area contributed by atoms with E-state index < -0.39 is 11.7 Å². The van der Waals surface area contributed by atoms with Crippen LogP contribution in [0.1, 0.15) is 47.0 Å². The molecular weight excluding hydrogens is 328 g/mol. The van der Waals surface area contributed by atoms with E-state index in [0.717, 1.165) is 32.4 Å². The number of carbonyl (C=O) groups is 2. The van der Waals surface area contributed by atoms with Crippen molar-refractivity contribution >= 4 is 23.8 Å². The Morgan fingerprint density at radius 1 is 1.29 bits per heavy atom. The number of likely N-dealkylation sites (tertiary alicyclic amines) is 1. The maximum absolute atomic E-state index is 12.1. The Kier molecular flexibility index (Phi) is 8.91. The zero-order valence-corrected chi connectivity index (χ0v) is 16.4. The van der Waals surface area contributed by atoms with Crippen molar-refractivity contribution in [3.63, 3.8) is 0 Å². The molecule has 0 aromatic rings. The minimum atomic E-state index is -0.472. The van der Waals surface area contributed by atoms with Crippen LogP contribution in [0.3, 0.4) is 0 Å². The van der Waals surface area contributed by atoms with E-state index in [1.54, 1.807) is 11.8 Å². The van der Waals surface area contributed by atoms with Crippen LogP contribution in [0.4, 0.5) is 4.79 Å². The number of ether oxygens (including phenoxy) is 2. The first-order valence-corrected chi connectivity index (χ1v) is 9.91. The Balaban J connectivity index is 2.10. The molecule has 0 aromatic carbocycles. The van der Waals surface area contributed by atoms with Gasteiger partial charge in [-0.05, 0) is 53.2 Å². The standard InChI is InChI=1S/C17H32N2O4S/c1-13(24-5)15(20)19-10-7-14(8-11-19)22-12-6-9-18-16(21)23-17(2,3)4/h13-14H,6-12H2,1-5H3,(H,18,21)/t13-/m1/s1. The Labute approximate surface area is 150 Å². The van der Waals surface area contributed by atoms with Crippen molar-refractivity contribution in [3.8, 4) is 0 Å². The summed E-state index contributed by atoms with van der Waals surface area (Å²) in [6.07, 6.45) is 4.29. The summed E-state index contributed by atoms with van der Waals surface area (Å²) in [7, 11) is 0. The molecule has 1 rings (SSSR count). The average Bonchev–Trinajstić information content (AvgIpc) is 2.52. The quantitative estimate of drug-likeness (QED) is 0.707. The molecule has 1 fully saturated rings. The smallest absolute Gasteiger partial charge is 0.407 e. The Morgan fingerprint density at radius 3 is 2.46 bits per heavy atom. The van der Waals surface area contributed by atoms with Crippen molar-refractivity contribution in [1.82, 2.24) is 10.2 Å². The molecule has 24 heavy (non-hydrogen) atoms. The minimum Gasteiger partial charge on any atom is -0.444 e. The number of nitrogens with one attached hydrogen (secondary N) is 1. The Hall–Kier alpha value is -0.950. The zero-order valence-electron chi connectivity index (χ0n) is 15.6. The van der Waals surface area contributed by atoms with Crippen LogP contribution in [0.25, 0.3) is 0 Å². The van der Waals surface area contributed by atoms with Gasteiger partial charge in [0.25, 0.3) is 0 Å². The number of alkyl carbamates (subject to hydrolysis) is 1. The monoisotopic (exact) mass is 360 g/mol. The molecule has 0 aromatic heterocycles. The van der Waals surface area contributed by atoms with Crippen LogP contribution in [0.5, 0.6) is 0 Å². The molecule has 0 spiro atoms. The molecule has 0 radical (unpaired) electrons. The first-order chi connectivity index (χ1) is 11.2. The summed E-state index contributed by atoms with van der Waals surface area (Å²) < 4.78 is 11.0. The number of amides is 2. The second-order valence-electron chi connectivity index (χ2n) is 7.06. The lowest BCUT2D eigenvalue weighted by atomic mass is 10.1. The summed E-state index contributed by atoms with van der Waals surface area (Å²) in [6.45, 7) is 10.2. The van der Waals surface area contributed by atoms with Gasteiger partial charge in [-0.1, -0.05) is 0 Å². The van der Waals surface area contributed by atoms with Crippen LogP contribution in [-0.2, 0) is 14.3 Å². The molecule has 6 nitrogen and oxygen atoms in total. The van der Waals surface area contributed by atoms with E-state index in [1.165, 1.54) is 0 Å². The lowest BCUT2D eigenvalue weighted by molar-refractivity contribution is -0.132. The first-order valence-electron chi connectivity index (χ1n) is 8.63. The van der Waals surface area contributed by atoms with Gasteiger partial charge in [0, 0.05) is 26.2 Å². The third-order valence-electron chi connectivity index (χ3n) is 3.80. The average molecular weight is 361 g/mol. The topological polar surface area (TPSA) is 67.9 Å². The number of carbonyl (C=O) groups excluding carboxylic acids is 2. The third-order valence-corrected chi connectivity index (χ3v) is 4.71. The van der Waals surface area contributed by atoms with E-state index in [9.17, 15) is 9.59 Å². The summed E-state index contributed by atoms with van der Waals surface area (Å²) >= 11 is 1.59. The fourth-order valence-corrected chi connectivity index (χ4v) is 2.78. The normalized spacial score (nSPS) is 17.5. The van der Waals surface area contributed by atoms with E-state index in [-0.39, 0.29) is 17.3 Å². The van der Waals surface area contributed by atoms with Crippen LogP contribution in [0.2, 0.25) is 0 Å². The molecule has 2 amide bonds. The summed E-state index contributed by atoms with van der Waals surface area (Å²) in [5.74, 6) is 0.225. The highest BCUT2D eigenvalue weighted by Crippen LogP contribution is 2.17. The summed E-state index contributed by atoms with van der Waals surface area (Å²) in [5.41, 5.74) is -0.472. The van der Waals surface area contributed by atoms with E-state index in [2.05, 4.69) is 5.32 Å². The fraction of sp³-hybridized carbons (Fsp3) is 0.882. The van der Waals surface area contributed by atoms with E-state index in [4.69, 9.17) is 9.47 Å². The molecule has 1 heterocycles. The highest BCUT2D eigenvalue weighted by molar-refractivity contribution is 7.99. The van der Waals surface area contributed by atoms with Gasteiger partial charge in [-0.3, -0.25) is 4.79 Å². The summed E-state index contributed by atoms with van der Waals surface area (Å²) in [5, 5.41) is 2.75. The highest BCUT2D eigenvalue weighted by Gasteiger charge is 2.25. The number of piperidine rings is 1. The van der Waals surface area contributed by atoms with Crippen molar-refractivity contribution in [2.75, 3.05) is 32.5 Å². The number of hydrogen-bond acceptors (Lipinski definition) is 5. The molecule has 0 bridgehead atoms. The maximum Gasteiger partial charge on any atom is 0.407 e. The molecule has 1 saturated heterocycles. The van der Waals surface area contributed by atoms with Gasteiger partial charge < -0.3 is 19.7 Å². The summed E-state index contributed by atoms with van der Waals surface area (Å²) in [6, 6.07) is 0. The molecule has 1 aliphatic heterocycles. The molecule has 1 N–H and O–H groups in total. The van der Waals surface area contributed by atoms with Crippen LogP contribution < -0.4 is 5.32 Å². The van der Waals surface area contributed by atoms with E-state index in [0.29, 0.717) is 13.2 Å². The largest absolute Gasteiger partial charge is 0.444 e. The number of nitrogens with zero attached hydrogens (tertiary/aromatic N) is 1. The minimum absolute atomic E-state index is 0.0291. The molecular formula is C17H32N2O4S.